The van der Waals surface area contributed by atoms with Crippen LogP contribution < -0.4 is 0 Å². The van der Waals surface area contributed by atoms with E-state index in [0.717, 1.165) is 25.7 Å². The topological polar surface area (TPSA) is 35.5 Å². The predicted octanol–water partition coefficient (Wildman–Crippen LogP) is 1.78. The summed E-state index contributed by atoms with van der Waals surface area (Å²) < 4.78 is 20.4. The third kappa shape index (κ3) is 3.01. The van der Waals surface area contributed by atoms with Gasteiger partial charge < -0.3 is 0 Å². The van der Waals surface area contributed by atoms with Crippen molar-refractivity contribution in [1.29, 1.82) is 0 Å². The maximum Gasteiger partial charge on any atom is 0.304 e. The van der Waals surface area contributed by atoms with Gasteiger partial charge in [-0.05, 0) is 12.8 Å². The summed E-state index contributed by atoms with van der Waals surface area (Å²) in [6, 6.07) is 0. The minimum Gasteiger partial charge on any atom is -0.272 e. The van der Waals surface area contributed by atoms with E-state index >= 15 is 0 Å². The van der Waals surface area contributed by atoms with Crippen molar-refractivity contribution in [3.63, 3.8) is 0 Å². The molecule has 0 spiro atoms. The first kappa shape index (κ1) is 10.4. The van der Waals surface area contributed by atoms with E-state index in [9.17, 15) is 4.21 Å². The first-order chi connectivity index (χ1) is 5.74. The summed E-state index contributed by atoms with van der Waals surface area (Å²) in [6.07, 6.45) is 3.93. The molecule has 0 aromatic carbocycles. The Balaban J connectivity index is 2.33. The molecule has 1 unspecified atom stereocenters. The van der Waals surface area contributed by atoms with Crippen molar-refractivity contribution < 1.29 is 12.6 Å². The van der Waals surface area contributed by atoms with Gasteiger partial charge in [0.05, 0.1) is 18.6 Å². The molecule has 72 valence electrons. The molecule has 12 heavy (non-hydrogen) atoms. The molecule has 0 bridgehead atoms. The van der Waals surface area contributed by atoms with E-state index < -0.39 is 11.4 Å². The van der Waals surface area contributed by atoms with Gasteiger partial charge in [0, 0.05) is 0 Å². The highest BCUT2D eigenvalue weighted by molar-refractivity contribution is 7.75. The fraction of sp³-hybridized carbons (Fsp3) is 1.00. The number of halogens is 1. The number of hydrogen-bond donors (Lipinski definition) is 0. The second kappa shape index (κ2) is 5.17. The van der Waals surface area contributed by atoms with Crippen LogP contribution in [0.25, 0.3) is 0 Å². The van der Waals surface area contributed by atoms with E-state index in [1.807, 2.05) is 0 Å². The van der Waals surface area contributed by atoms with Crippen LogP contribution in [0.3, 0.4) is 0 Å². The first-order valence-electron chi connectivity index (χ1n) is 4.01. The zero-order chi connectivity index (χ0) is 8.97. The van der Waals surface area contributed by atoms with Crippen LogP contribution in [-0.4, -0.2) is 22.8 Å². The van der Waals surface area contributed by atoms with Gasteiger partial charge in [-0.2, -0.15) is 4.21 Å². The summed E-state index contributed by atoms with van der Waals surface area (Å²) in [7, 11) is 1.35. The highest BCUT2D eigenvalue weighted by Gasteiger charge is 2.25. The molecular formula is C7H13ClO3S. The molecule has 1 aliphatic carbocycles. The Bertz CT molecular complexity index is 165. The lowest BCUT2D eigenvalue weighted by atomic mass is 9.97. The predicted molar refractivity (Wildman–Crippen MR) is 48.1 cm³/mol. The lowest BCUT2D eigenvalue weighted by Crippen LogP contribution is -2.29. The Morgan fingerprint density at radius 1 is 1.42 bits per heavy atom. The molecule has 0 aromatic heterocycles. The molecule has 0 radical (unpaired) electrons. The summed E-state index contributed by atoms with van der Waals surface area (Å²) in [5.74, 6) is 0. The first-order valence-corrected chi connectivity index (χ1v) is 5.45. The molecule has 1 rings (SSSR count). The Morgan fingerprint density at radius 2 is 2.08 bits per heavy atom. The zero-order valence-electron chi connectivity index (χ0n) is 6.99. The van der Waals surface area contributed by atoms with E-state index in [2.05, 4.69) is 4.18 Å². The van der Waals surface area contributed by atoms with Gasteiger partial charge in [0.25, 0.3) is 0 Å². The third-order valence-electron chi connectivity index (χ3n) is 1.96. The largest absolute Gasteiger partial charge is 0.304 e. The Hall–Kier alpha value is 0.360. The lowest BCUT2D eigenvalue weighted by Gasteiger charge is -2.25. The minimum absolute atomic E-state index is 0.0159. The van der Waals surface area contributed by atoms with Crippen molar-refractivity contribution in [2.75, 3.05) is 7.11 Å². The molecule has 1 fully saturated rings. The molecule has 0 aromatic rings. The fourth-order valence-corrected chi connectivity index (χ4v) is 2.20. The smallest absolute Gasteiger partial charge is 0.272 e. The normalized spacial score (nSPS) is 33.2. The van der Waals surface area contributed by atoms with Crippen LogP contribution in [0.2, 0.25) is 0 Å². The van der Waals surface area contributed by atoms with Gasteiger partial charge >= 0.3 is 11.4 Å². The summed E-state index contributed by atoms with van der Waals surface area (Å²) in [4.78, 5) is 0. The summed E-state index contributed by atoms with van der Waals surface area (Å²) in [5.41, 5.74) is 0. The highest BCUT2D eigenvalue weighted by atomic mass is 35.5. The molecular weight excluding hydrogens is 200 g/mol. The van der Waals surface area contributed by atoms with Crippen molar-refractivity contribution in [3.05, 3.63) is 0 Å². The second-order valence-electron chi connectivity index (χ2n) is 2.81. The molecule has 0 N–H and O–H groups in total. The van der Waals surface area contributed by atoms with Crippen LogP contribution in [-0.2, 0) is 19.7 Å². The average molecular weight is 213 g/mol. The number of alkyl halides is 1. The SMILES string of the molecule is COS(=O)O[C@H]1CCCC[C@@H]1Cl. The molecule has 3 nitrogen and oxygen atoms in total. The van der Waals surface area contributed by atoms with Crippen LogP contribution in [0.5, 0.6) is 0 Å². The maximum atomic E-state index is 10.8. The molecule has 0 saturated heterocycles. The van der Waals surface area contributed by atoms with Crippen LogP contribution in [0.15, 0.2) is 0 Å². The summed E-state index contributed by atoms with van der Waals surface area (Å²) in [5, 5.41) is -0.0159. The standard InChI is InChI=1S/C7H13ClO3S/c1-10-12(9)11-7-5-3-2-4-6(7)8/h6-7H,2-5H2,1H3/t6-,7-,12?/m0/s1. The Morgan fingerprint density at radius 3 is 2.67 bits per heavy atom. The van der Waals surface area contributed by atoms with Crippen molar-refractivity contribution >= 4 is 23.0 Å². The Labute approximate surface area is 80.2 Å². The van der Waals surface area contributed by atoms with Gasteiger partial charge in [-0.15, -0.1) is 11.6 Å². The van der Waals surface area contributed by atoms with E-state index in [-0.39, 0.29) is 11.5 Å². The molecule has 0 aliphatic heterocycles. The summed E-state index contributed by atoms with van der Waals surface area (Å²) >= 11 is 4.34. The van der Waals surface area contributed by atoms with Crippen LogP contribution in [0, 0.1) is 0 Å². The average Bonchev–Trinajstić information content (AvgIpc) is 2.09. The molecule has 1 saturated carbocycles. The Kier molecular flexibility index (Phi) is 4.50. The fourth-order valence-electron chi connectivity index (χ4n) is 1.30. The molecule has 1 aliphatic rings. The van der Waals surface area contributed by atoms with Gasteiger partial charge in [0.1, 0.15) is 0 Å². The van der Waals surface area contributed by atoms with E-state index in [0.29, 0.717) is 0 Å². The quantitative estimate of drug-likeness (QED) is 0.669. The lowest BCUT2D eigenvalue weighted by molar-refractivity contribution is 0.156. The van der Waals surface area contributed by atoms with Crippen molar-refractivity contribution in [2.24, 2.45) is 0 Å². The van der Waals surface area contributed by atoms with Gasteiger partial charge in [-0.25, -0.2) is 0 Å². The minimum atomic E-state index is -1.63. The van der Waals surface area contributed by atoms with Crippen molar-refractivity contribution in [2.45, 2.75) is 37.2 Å². The van der Waals surface area contributed by atoms with Crippen LogP contribution in [0.4, 0.5) is 0 Å². The van der Waals surface area contributed by atoms with E-state index in [1.54, 1.807) is 0 Å². The van der Waals surface area contributed by atoms with Crippen molar-refractivity contribution in [3.8, 4) is 0 Å². The summed E-state index contributed by atoms with van der Waals surface area (Å²) in [6.45, 7) is 0. The van der Waals surface area contributed by atoms with Crippen molar-refractivity contribution in [1.82, 2.24) is 0 Å². The van der Waals surface area contributed by atoms with E-state index in [4.69, 9.17) is 15.8 Å². The van der Waals surface area contributed by atoms with E-state index in [1.165, 1.54) is 7.11 Å². The number of rotatable bonds is 3. The van der Waals surface area contributed by atoms with Crippen LogP contribution in [0.1, 0.15) is 25.7 Å². The van der Waals surface area contributed by atoms with Gasteiger partial charge in [-0.1, -0.05) is 12.8 Å². The van der Waals surface area contributed by atoms with Gasteiger partial charge in [0.2, 0.25) is 0 Å². The maximum absolute atomic E-state index is 10.8. The molecule has 5 heteroatoms. The molecule has 3 atom stereocenters. The third-order valence-corrected chi connectivity index (χ3v) is 3.14. The zero-order valence-corrected chi connectivity index (χ0v) is 8.57. The second-order valence-corrected chi connectivity index (χ2v) is 4.30. The van der Waals surface area contributed by atoms with Gasteiger partial charge in [0.15, 0.2) is 0 Å². The molecule has 0 heterocycles. The highest BCUT2D eigenvalue weighted by Crippen LogP contribution is 2.26. The van der Waals surface area contributed by atoms with Gasteiger partial charge in [-0.3, -0.25) is 8.37 Å². The molecule has 0 amide bonds. The monoisotopic (exact) mass is 212 g/mol. The number of hydrogen-bond acceptors (Lipinski definition) is 3. The van der Waals surface area contributed by atoms with Crippen LogP contribution >= 0.6 is 11.6 Å².